The van der Waals surface area contributed by atoms with Gasteiger partial charge in [-0.3, -0.25) is 24.2 Å². The Bertz CT molecular complexity index is 1230. The number of carbonyl (C=O) groups is 4. The van der Waals surface area contributed by atoms with Crippen molar-refractivity contribution in [1.29, 1.82) is 0 Å². The third-order valence-corrected chi connectivity index (χ3v) is 7.06. The molecule has 0 bridgehead atoms. The summed E-state index contributed by atoms with van der Waals surface area (Å²) in [6.07, 6.45) is -4.72. The van der Waals surface area contributed by atoms with E-state index in [2.05, 4.69) is 27.6 Å². The number of halogens is 1. The maximum Gasteiger partial charge on any atom is 0.311 e. The molecule has 11 heteroatoms. The van der Waals surface area contributed by atoms with Gasteiger partial charge in [0.25, 0.3) is 0 Å². The van der Waals surface area contributed by atoms with Gasteiger partial charge in [-0.05, 0) is 123 Å². The summed E-state index contributed by atoms with van der Waals surface area (Å²) in [6.45, 7) is 19.9. The fourth-order valence-electron chi connectivity index (χ4n) is 3.57. The number of ether oxygens (including phenoxy) is 5. The zero-order valence-electron chi connectivity index (χ0n) is 28.0. The van der Waals surface area contributed by atoms with Crippen molar-refractivity contribution >= 4 is 52.7 Å². The van der Waals surface area contributed by atoms with Crippen LogP contribution in [0, 0.1) is 25.2 Å². The Kier molecular flexibility index (Phi) is 12.2. The maximum absolute atomic E-state index is 13.3. The predicted octanol–water partition coefficient (Wildman–Crippen LogP) is 5.90. The van der Waals surface area contributed by atoms with E-state index < -0.39 is 76.2 Å². The van der Waals surface area contributed by atoms with Gasteiger partial charge in [-0.25, -0.2) is 0 Å². The molecule has 5 unspecified atom stereocenters. The summed E-state index contributed by atoms with van der Waals surface area (Å²) in [5, 5.41) is 0. The number of hydrogen-bond acceptors (Lipinski definition) is 10. The third-order valence-electron chi connectivity index (χ3n) is 6.39. The molecule has 0 radical (unpaired) electrons. The van der Waals surface area contributed by atoms with E-state index in [-0.39, 0.29) is 6.61 Å². The predicted molar refractivity (Wildman–Crippen MR) is 174 cm³/mol. The number of rotatable bonds is 7. The van der Waals surface area contributed by atoms with Crippen LogP contribution in [0.15, 0.2) is 29.3 Å². The van der Waals surface area contributed by atoms with Crippen molar-refractivity contribution in [2.45, 2.75) is 114 Å². The SMILES string of the molecule is CC(C)(C)C(=O)OCC1OC(N=Cc2cccc(I)c2)C(OC(=O)C(C)(C)C)C(OC(=O)C(C)(C)C)C1OC(=O)C(C)(C)C. The highest BCUT2D eigenvalue weighted by molar-refractivity contribution is 14.1. The van der Waals surface area contributed by atoms with Gasteiger partial charge in [-0.1, -0.05) is 12.1 Å². The van der Waals surface area contributed by atoms with Crippen LogP contribution in [0.5, 0.6) is 0 Å². The maximum atomic E-state index is 13.3. The molecule has 1 aliphatic heterocycles. The van der Waals surface area contributed by atoms with E-state index in [1.54, 1.807) is 89.3 Å². The van der Waals surface area contributed by atoms with Gasteiger partial charge in [0.2, 0.25) is 0 Å². The second-order valence-corrected chi connectivity index (χ2v) is 16.4. The Morgan fingerprint density at radius 3 is 1.64 bits per heavy atom. The van der Waals surface area contributed by atoms with Crippen LogP contribution in [0.25, 0.3) is 0 Å². The van der Waals surface area contributed by atoms with E-state index in [9.17, 15) is 19.2 Å². The highest BCUT2D eigenvalue weighted by Crippen LogP contribution is 2.34. The minimum atomic E-state index is -1.34. The van der Waals surface area contributed by atoms with Crippen LogP contribution < -0.4 is 0 Å². The van der Waals surface area contributed by atoms with Crippen LogP contribution in [0.1, 0.15) is 88.6 Å². The van der Waals surface area contributed by atoms with Gasteiger partial charge in [0.05, 0.1) is 21.7 Å². The van der Waals surface area contributed by atoms with Crippen LogP contribution in [0.4, 0.5) is 0 Å². The standard InChI is InChI=1S/C33H48INO9/c1-30(2,3)26(36)40-18-21-22(42-27(37)31(4,5)6)23(43-28(38)32(7,8)9)24(44-29(39)33(10,11)12)25(41-21)35-17-19-14-13-15-20(34)16-19/h13-17,21-25H,18H2,1-12H3. The Morgan fingerprint density at radius 2 is 1.18 bits per heavy atom. The van der Waals surface area contributed by atoms with E-state index in [4.69, 9.17) is 23.7 Å². The van der Waals surface area contributed by atoms with Crippen LogP contribution in [0.2, 0.25) is 0 Å². The molecule has 44 heavy (non-hydrogen) atoms. The van der Waals surface area contributed by atoms with Gasteiger partial charge in [0, 0.05) is 9.78 Å². The summed E-state index contributed by atoms with van der Waals surface area (Å²) < 4.78 is 30.9. The van der Waals surface area contributed by atoms with Gasteiger partial charge < -0.3 is 23.7 Å². The number of carbonyl (C=O) groups excluding carboxylic acids is 4. The molecule has 0 spiro atoms. The fourth-order valence-corrected chi connectivity index (χ4v) is 4.14. The number of benzene rings is 1. The van der Waals surface area contributed by atoms with Gasteiger partial charge in [-0.15, -0.1) is 0 Å². The lowest BCUT2D eigenvalue weighted by molar-refractivity contribution is -0.258. The van der Waals surface area contributed by atoms with Crippen LogP contribution in [-0.4, -0.2) is 67.3 Å². The van der Waals surface area contributed by atoms with Gasteiger partial charge in [0.1, 0.15) is 12.7 Å². The number of hydrogen-bond donors (Lipinski definition) is 0. The molecule has 1 aliphatic rings. The molecule has 1 saturated heterocycles. The average molecular weight is 730 g/mol. The lowest BCUT2D eigenvalue weighted by Gasteiger charge is -2.45. The van der Waals surface area contributed by atoms with Gasteiger partial charge in [-0.2, -0.15) is 0 Å². The first-order chi connectivity index (χ1) is 19.9. The number of nitrogens with zero attached hydrogens (tertiary/aromatic N) is 1. The van der Waals surface area contributed by atoms with Crippen LogP contribution in [-0.2, 0) is 42.9 Å². The van der Waals surface area contributed by atoms with Crippen LogP contribution in [0.3, 0.4) is 0 Å². The topological polar surface area (TPSA) is 127 Å². The van der Waals surface area contributed by atoms with E-state index in [1.165, 1.54) is 0 Å². The highest BCUT2D eigenvalue weighted by atomic mass is 127. The van der Waals surface area contributed by atoms with E-state index in [0.717, 1.165) is 9.13 Å². The minimum Gasteiger partial charge on any atom is -0.462 e. The monoisotopic (exact) mass is 729 g/mol. The number of esters is 4. The van der Waals surface area contributed by atoms with Crippen molar-refractivity contribution in [2.24, 2.45) is 26.7 Å². The van der Waals surface area contributed by atoms with Crippen LogP contribution >= 0.6 is 22.6 Å². The van der Waals surface area contributed by atoms with Crippen molar-refractivity contribution in [3.8, 4) is 0 Å². The number of aliphatic imine (C=N–C) groups is 1. The molecule has 0 saturated carbocycles. The van der Waals surface area contributed by atoms with Crippen molar-refractivity contribution in [3.63, 3.8) is 0 Å². The molecule has 0 aromatic heterocycles. The van der Waals surface area contributed by atoms with Crippen molar-refractivity contribution < 1.29 is 42.9 Å². The van der Waals surface area contributed by atoms with Crippen molar-refractivity contribution in [2.75, 3.05) is 6.61 Å². The summed E-state index contributed by atoms with van der Waals surface area (Å²) in [7, 11) is 0. The van der Waals surface area contributed by atoms with Crippen molar-refractivity contribution in [3.05, 3.63) is 33.4 Å². The van der Waals surface area contributed by atoms with Gasteiger partial charge >= 0.3 is 23.9 Å². The molecule has 1 fully saturated rings. The summed E-state index contributed by atoms with van der Waals surface area (Å²) in [5.74, 6) is -2.35. The average Bonchev–Trinajstić information content (AvgIpc) is 2.86. The molecule has 5 atom stereocenters. The van der Waals surface area contributed by atoms with Crippen molar-refractivity contribution in [1.82, 2.24) is 0 Å². The second-order valence-electron chi connectivity index (χ2n) is 15.1. The molecule has 0 N–H and O–H groups in total. The largest absolute Gasteiger partial charge is 0.462 e. The summed E-state index contributed by atoms with van der Waals surface area (Å²) >= 11 is 2.18. The van der Waals surface area contributed by atoms with E-state index >= 15 is 0 Å². The second kappa shape index (κ2) is 14.3. The smallest absolute Gasteiger partial charge is 0.311 e. The quantitative estimate of drug-likeness (QED) is 0.146. The first-order valence-electron chi connectivity index (χ1n) is 14.7. The Labute approximate surface area is 275 Å². The minimum absolute atomic E-state index is 0.336. The first kappa shape index (κ1) is 37.6. The zero-order valence-corrected chi connectivity index (χ0v) is 30.1. The zero-order chi connectivity index (χ0) is 33.8. The highest BCUT2D eigenvalue weighted by Gasteiger charge is 2.54. The molecule has 1 aromatic rings. The molecular weight excluding hydrogens is 681 g/mol. The molecule has 246 valence electrons. The summed E-state index contributed by atoms with van der Waals surface area (Å²) in [6, 6.07) is 7.54. The molecule has 10 nitrogen and oxygen atoms in total. The fraction of sp³-hybridized carbons (Fsp3) is 0.667. The normalized spacial score (nSPS) is 23.2. The lowest BCUT2D eigenvalue weighted by Crippen LogP contribution is -2.63. The third kappa shape index (κ3) is 10.8. The Morgan fingerprint density at radius 1 is 0.727 bits per heavy atom. The lowest BCUT2D eigenvalue weighted by atomic mass is 9.92. The summed E-state index contributed by atoms with van der Waals surface area (Å²) in [4.78, 5) is 57.3. The molecular formula is C33H48INO9. The molecule has 2 rings (SSSR count). The van der Waals surface area contributed by atoms with Gasteiger partial charge in [0.15, 0.2) is 24.5 Å². The van der Waals surface area contributed by atoms with E-state index in [0.29, 0.717) is 0 Å². The molecule has 1 heterocycles. The Hall–Kier alpha value is -2.54. The molecule has 0 aliphatic carbocycles. The van der Waals surface area contributed by atoms with E-state index in [1.807, 2.05) is 24.3 Å². The first-order valence-corrected chi connectivity index (χ1v) is 15.7. The summed E-state index contributed by atoms with van der Waals surface area (Å²) in [5.41, 5.74) is -2.90. The Balaban J connectivity index is 2.72. The molecule has 0 amide bonds. The molecule has 1 aromatic carbocycles.